The number of rotatable bonds is 3. The second-order valence-electron chi connectivity index (χ2n) is 3.70. The van der Waals surface area contributed by atoms with Crippen molar-refractivity contribution in [1.29, 1.82) is 0 Å². The van der Waals surface area contributed by atoms with Crippen LogP contribution in [-0.4, -0.2) is 9.55 Å². The van der Waals surface area contributed by atoms with E-state index >= 15 is 0 Å². The normalized spacial score (nSPS) is 10.6. The van der Waals surface area contributed by atoms with Crippen molar-refractivity contribution in [1.82, 2.24) is 9.55 Å². The molecule has 2 rings (SSSR count). The molecule has 0 aliphatic heterocycles. The van der Waals surface area contributed by atoms with Crippen LogP contribution in [0.5, 0.6) is 0 Å². The number of benzene rings is 1. The molecule has 16 heavy (non-hydrogen) atoms. The van der Waals surface area contributed by atoms with Crippen LogP contribution in [0, 0.1) is 12.3 Å². The number of hydrogen-bond acceptors (Lipinski definition) is 2. The van der Waals surface area contributed by atoms with E-state index in [4.69, 9.17) is 12.2 Å². The van der Waals surface area contributed by atoms with E-state index in [-0.39, 0.29) is 0 Å². The Hall–Kier alpha value is -1.79. The minimum atomic E-state index is 0.415. The average molecular weight is 213 g/mol. The first-order valence-corrected chi connectivity index (χ1v) is 5.41. The smallest absolute Gasteiger partial charge is 0.124 e. The molecule has 0 spiro atoms. The van der Waals surface area contributed by atoms with E-state index in [0.29, 0.717) is 13.1 Å². The molecule has 0 radical (unpaired) electrons. The zero-order valence-corrected chi connectivity index (χ0v) is 9.40. The van der Waals surface area contributed by atoms with Crippen LogP contribution in [0.25, 0.3) is 11.0 Å². The van der Waals surface area contributed by atoms with Crippen molar-refractivity contribution < 1.29 is 0 Å². The van der Waals surface area contributed by atoms with Crippen LogP contribution in [0.2, 0.25) is 0 Å². The van der Waals surface area contributed by atoms with Gasteiger partial charge in [-0.3, -0.25) is 0 Å². The number of fused-ring (bicyclic) bond motifs is 1. The minimum Gasteiger partial charge on any atom is -0.324 e. The zero-order chi connectivity index (χ0) is 11.5. The zero-order valence-electron chi connectivity index (χ0n) is 9.40. The third-order valence-corrected chi connectivity index (χ3v) is 2.73. The van der Waals surface area contributed by atoms with Gasteiger partial charge in [0.05, 0.1) is 24.1 Å². The van der Waals surface area contributed by atoms with Crippen LogP contribution in [0.3, 0.4) is 0 Å². The Bertz CT molecular complexity index is 546. The second kappa shape index (κ2) is 4.38. The molecule has 1 aromatic heterocycles. The van der Waals surface area contributed by atoms with E-state index in [9.17, 15) is 0 Å². The molecule has 2 N–H and O–H groups in total. The quantitative estimate of drug-likeness (QED) is 0.788. The van der Waals surface area contributed by atoms with Crippen molar-refractivity contribution in [3.05, 3.63) is 29.6 Å². The first kappa shape index (κ1) is 10.7. The summed E-state index contributed by atoms with van der Waals surface area (Å²) < 4.78 is 1.99. The van der Waals surface area contributed by atoms with Gasteiger partial charge in [0.25, 0.3) is 0 Å². The van der Waals surface area contributed by atoms with Gasteiger partial charge >= 0.3 is 0 Å². The molecule has 0 saturated heterocycles. The van der Waals surface area contributed by atoms with Gasteiger partial charge in [-0.15, -0.1) is 6.42 Å². The molecule has 3 nitrogen and oxygen atoms in total. The number of aryl methyl sites for hydroxylation is 1. The molecule has 0 amide bonds. The number of nitrogens with zero attached hydrogens (tertiary/aromatic N) is 2. The van der Waals surface area contributed by atoms with Crippen LogP contribution in [0.4, 0.5) is 0 Å². The van der Waals surface area contributed by atoms with Crippen LogP contribution in [-0.2, 0) is 19.5 Å². The van der Waals surface area contributed by atoms with E-state index in [1.54, 1.807) is 0 Å². The van der Waals surface area contributed by atoms with Crippen LogP contribution in [0.15, 0.2) is 18.2 Å². The maximum absolute atomic E-state index is 5.66. The Balaban J connectivity index is 2.63. The van der Waals surface area contributed by atoms with Gasteiger partial charge in [0, 0.05) is 0 Å². The lowest BCUT2D eigenvalue weighted by Gasteiger charge is -2.03. The molecule has 0 fully saturated rings. The Morgan fingerprint density at radius 3 is 2.94 bits per heavy atom. The lowest BCUT2D eigenvalue weighted by atomic mass is 10.1. The lowest BCUT2D eigenvalue weighted by Crippen LogP contribution is -2.07. The topological polar surface area (TPSA) is 43.8 Å². The molecule has 0 saturated carbocycles. The first-order valence-electron chi connectivity index (χ1n) is 5.41. The summed E-state index contributed by atoms with van der Waals surface area (Å²) in [4.78, 5) is 4.50. The standard InChI is InChI=1S/C13H15N3/c1-3-7-16-12-6-5-10(4-2)8-11(12)15-13(16)9-14/h1,5-6,8H,4,7,9,14H2,2H3. The highest BCUT2D eigenvalue weighted by molar-refractivity contribution is 5.77. The molecular weight excluding hydrogens is 198 g/mol. The van der Waals surface area contributed by atoms with Crippen molar-refractivity contribution in [3.63, 3.8) is 0 Å². The fraction of sp³-hybridized carbons (Fsp3) is 0.308. The van der Waals surface area contributed by atoms with Gasteiger partial charge in [0.15, 0.2) is 0 Å². The predicted molar refractivity (Wildman–Crippen MR) is 65.8 cm³/mol. The van der Waals surface area contributed by atoms with Gasteiger partial charge < -0.3 is 10.3 Å². The summed E-state index contributed by atoms with van der Waals surface area (Å²) in [5, 5.41) is 0. The summed E-state index contributed by atoms with van der Waals surface area (Å²) in [6.07, 6.45) is 6.36. The number of terminal acetylenes is 1. The summed E-state index contributed by atoms with van der Waals surface area (Å²) in [7, 11) is 0. The van der Waals surface area contributed by atoms with E-state index in [1.165, 1.54) is 5.56 Å². The van der Waals surface area contributed by atoms with E-state index in [2.05, 4.69) is 36.0 Å². The van der Waals surface area contributed by atoms with Crippen LogP contribution < -0.4 is 5.73 Å². The van der Waals surface area contributed by atoms with Crippen molar-refractivity contribution in [2.24, 2.45) is 5.73 Å². The van der Waals surface area contributed by atoms with Crippen molar-refractivity contribution in [2.45, 2.75) is 26.4 Å². The minimum absolute atomic E-state index is 0.415. The summed E-state index contributed by atoms with van der Waals surface area (Å²) in [6, 6.07) is 6.27. The van der Waals surface area contributed by atoms with Crippen molar-refractivity contribution in [3.8, 4) is 12.3 Å². The third-order valence-electron chi connectivity index (χ3n) is 2.73. The highest BCUT2D eigenvalue weighted by Crippen LogP contribution is 2.18. The Morgan fingerprint density at radius 1 is 1.50 bits per heavy atom. The van der Waals surface area contributed by atoms with Crippen molar-refractivity contribution in [2.75, 3.05) is 0 Å². The summed E-state index contributed by atoms with van der Waals surface area (Å²) in [5.41, 5.74) is 8.99. The number of imidazole rings is 1. The van der Waals surface area contributed by atoms with Gasteiger partial charge in [-0.2, -0.15) is 0 Å². The highest BCUT2D eigenvalue weighted by Gasteiger charge is 2.08. The number of aromatic nitrogens is 2. The fourth-order valence-corrected chi connectivity index (χ4v) is 1.87. The Morgan fingerprint density at radius 2 is 2.31 bits per heavy atom. The summed E-state index contributed by atoms with van der Waals surface area (Å²) in [5.74, 6) is 3.48. The maximum Gasteiger partial charge on any atom is 0.124 e. The molecule has 0 bridgehead atoms. The molecule has 0 aliphatic carbocycles. The monoisotopic (exact) mass is 213 g/mol. The number of nitrogens with two attached hydrogens (primary N) is 1. The first-order chi connectivity index (χ1) is 7.80. The lowest BCUT2D eigenvalue weighted by molar-refractivity contribution is 0.771. The van der Waals surface area contributed by atoms with Crippen LogP contribution >= 0.6 is 0 Å². The molecule has 1 aromatic carbocycles. The van der Waals surface area contributed by atoms with Gasteiger partial charge in [0.1, 0.15) is 5.82 Å². The second-order valence-corrected chi connectivity index (χ2v) is 3.70. The van der Waals surface area contributed by atoms with Gasteiger partial charge in [-0.05, 0) is 24.1 Å². The Kier molecular flexibility index (Phi) is 2.93. The molecular formula is C13H15N3. The molecule has 0 atom stereocenters. The Labute approximate surface area is 95.3 Å². The van der Waals surface area contributed by atoms with Gasteiger partial charge in [-0.25, -0.2) is 4.98 Å². The molecule has 82 valence electrons. The molecule has 3 heteroatoms. The van der Waals surface area contributed by atoms with Crippen molar-refractivity contribution >= 4 is 11.0 Å². The molecule has 0 unspecified atom stereocenters. The van der Waals surface area contributed by atoms with Gasteiger partial charge in [0.2, 0.25) is 0 Å². The maximum atomic E-state index is 5.66. The SMILES string of the molecule is C#CCn1c(CN)nc2cc(CC)ccc21. The van der Waals surface area contributed by atoms with E-state index in [0.717, 1.165) is 23.3 Å². The molecule has 1 heterocycles. The summed E-state index contributed by atoms with van der Waals surface area (Å²) >= 11 is 0. The highest BCUT2D eigenvalue weighted by atomic mass is 15.1. The average Bonchev–Trinajstić information content (AvgIpc) is 2.67. The number of hydrogen-bond donors (Lipinski definition) is 1. The third kappa shape index (κ3) is 1.68. The van der Waals surface area contributed by atoms with Crippen LogP contribution in [0.1, 0.15) is 18.3 Å². The molecule has 2 aromatic rings. The summed E-state index contributed by atoms with van der Waals surface area (Å²) in [6.45, 7) is 3.07. The van der Waals surface area contributed by atoms with Gasteiger partial charge in [-0.1, -0.05) is 18.9 Å². The predicted octanol–water partition coefficient (Wildman–Crippen LogP) is 1.69. The van der Waals surface area contributed by atoms with E-state index in [1.807, 2.05) is 4.57 Å². The fourth-order valence-electron chi connectivity index (χ4n) is 1.87. The molecule has 0 aliphatic rings. The largest absolute Gasteiger partial charge is 0.324 e. The van der Waals surface area contributed by atoms with E-state index < -0.39 is 0 Å².